The number of benzene rings is 2. The predicted octanol–water partition coefficient (Wildman–Crippen LogP) is 0.370. The van der Waals surface area contributed by atoms with E-state index < -0.39 is 37.1 Å². The molecular weight excluding hydrogens is 502 g/mol. The van der Waals surface area contributed by atoms with Crippen LogP contribution in [-0.2, 0) is 4.74 Å². The average Bonchev–Trinajstić information content (AvgIpc) is 3.53. The zero-order valence-corrected chi connectivity index (χ0v) is 21.1. The Balaban J connectivity index is 1.53. The lowest BCUT2D eigenvalue weighted by atomic mass is 9.91. The van der Waals surface area contributed by atoms with E-state index in [1.807, 2.05) is 36.4 Å². The summed E-state index contributed by atoms with van der Waals surface area (Å²) in [5.74, 6) is -0.361. The van der Waals surface area contributed by atoms with Crippen molar-refractivity contribution >= 4 is 22.9 Å². The third kappa shape index (κ3) is 5.46. The van der Waals surface area contributed by atoms with Crippen LogP contribution in [0.25, 0.3) is 11.2 Å². The number of imidazole rings is 1. The summed E-state index contributed by atoms with van der Waals surface area (Å²) in [5, 5.41) is 36.4. The number of carbonyl (C=O) groups excluding carboxylic acids is 1. The van der Waals surface area contributed by atoms with Gasteiger partial charge in [0.15, 0.2) is 23.2 Å². The number of nitrogens with one attached hydrogen (secondary N) is 2. The number of carbonyl (C=O) groups is 1. The van der Waals surface area contributed by atoms with Crippen molar-refractivity contribution in [1.82, 2.24) is 24.8 Å². The first-order chi connectivity index (χ1) is 19.0. The van der Waals surface area contributed by atoms with Crippen LogP contribution in [0.1, 0.15) is 33.9 Å². The quantitative estimate of drug-likeness (QED) is 0.167. The minimum atomic E-state index is -1.35. The maximum Gasteiger partial charge on any atom is 0.289 e. The molecule has 39 heavy (non-hydrogen) atoms. The molecule has 1 fully saturated rings. The van der Waals surface area contributed by atoms with E-state index >= 15 is 0 Å². The highest BCUT2D eigenvalue weighted by molar-refractivity contribution is 5.94. The van der Waals surface area contributed by atoms with Crippen LogP contribution in [0, 0.1) is 0 Å². The molecule has 0 aliphatic carbocycles. The van der Waals surface area contributed by atoms with Gasteiger partial charge in [0.05, 0.1) is 12.9 Å². The van der Waals surface area contributed by atoms with Gasteiger partial charge in [0.2, 0.25) is 5.82 Å². The molecule has 0 spiro atoms. The number of amides is 1. The van der Waals surface area contributed by atoms with Gasteiger partial charge in [0.1, 0.15) is 18.3 Å². The average molecular weight is 534 g/mol. The highest BCUT2D eigenvalue weighted by Crippen LogP contribution is 2.33. The first-order valence-electron chi connectivity index (χ1n) is 12.7. The molecule has 1 aliphatic heterocycles. The molecule has 0 unspecified atom stereocenters. The van der Waals surface area contributed by atoms with E-state index in [1.165, 1.54) is 10.9 Å². The Morgan fingerprint density at radius 2 is 1.69 bits per heavy atom. The van der Waals surface area contributed by atoms with Gasteiger partial charge < -0.3 is 36.4 Å². The molecule has 4 atom stereocenters. The van der Waals surface area contributed by atoms with Gasteiger partial charge in [-0.2, -0.15) is 0 Å². The topological polar surface area (TPSA) is 181 Å². The molecule has 0 bridgehead atoms. The van der Waals surface area contributed by atoms with E-state index in [4.69, 9.17) is 10.5 Å². The van der Waals surface area contributed by atoms with Gasteiger partial charge in [-0.3, -0.25) is 9.36 Å². The second-order valence-electron chi connectivity index (χ2n) is 9.25. The van der Waals surface area contributed by atoms with E-state index in [0.29, 0.717) is 17.9 Å². The van der Waals surface area contributed by atoms with Crippen molar-refractivity contribution in [2.45, 2.75) is 30.5 Å². The summed E-state index contributed by atoms with van der Waals surface area (Å²) in [6.07, 6.45) is -3.31. The third-order valence-corrected chi connectivity index (χ3v) is 6.72. The summed E-state index contributed by atoms with van der Waals surface area (Å²) in [6.45, 7) is 0.442. The van der Waals surface area contributed by atoms with Crippen LogP contribution in [0.5, 0.6) is 0 Å². The number of fused-ring (bicyclic) bond motifs is 1. The fraction of sp³-hybridized carbons (Fsp3) is 0.333. The number of aliphatic hydroxyl groups excluding tert-OH is 3. The maximum absolute atomic E-state index is 12.8. The lowest BCUT2D eigenvalue weighted by Crippen LogP contribution is -2.33. The molecule has 12 nitrogen and oxygen atoms in total. The molecule has 2 aromatic heterocycles. The van der Waals surface area contributed by atoms with Crippen LogP contribution in [0.2, 0.25) is 0 Å². The molecule has 0 saturated carbocycles. The largest absolute Gasteiger partial charge is 0.394 e. The number of hydrogen-bond acceptors (Lipinski definition) is 10. The number of aliphatic hydroxyl groups is 3. The van der Waals surface area contributed by atoms with Crippen molar-refractivity contribution in [3.63, 3.8) is 0 Å². The fourth-order valence-corrected chi connectivity index (χ4v) is 4.70. The monoisotopic (exact) mass is 533 g/mol. The molecule has 5 rings (SSSR count). The Kier molecular flexibility index (Phi) is 8.10. The van der Waals surface area contributed by atoms with Gasteiger partial charge in [-0.15, -0.1) is 0 Å². The number of ether oxygens (including phenoxy) is 1. The van der Waals surface area contributed by atoms with Crippen molar-refractivity contribution < 1.29 is 24.9 Å². The first-order valence-corrected chi connectivity index (χ1v) is 12.7. The molecule has 12 heteroatoms. The first kappa shape index (κ1) is 26.7. The van der Waals surface area contributed by atoms with Crippen LogP contribution < -0.4 is 16.4 Å². The third-order valence-electron chi connectivity index (χ3n) is 6.72. The highest BCUT2D eigenvalue weighted by Gasteiger charge is 2.44. The van der Waals surface area contributed by atoms with E-state index in [1.54, 1.807) is 0 Å². The van der Waals surface area contributed by atoms with Crippen LogP contribution in [0.4, 0.5) is 5.82 Å². The molecule has 1 saturated heterocycles. The molecule has 1 aliphatic rings. The summed E-state index contributed by atoms with van der Waals surface area (Å²) < 4.78 is 7.11. The van der Waals surface area contributed by atoms with Crippen molar-refractivity contribution in [3.05, 3.63) is 83.9 Å². The number of nitrogens with two attached hydrogens (primary N) is 1. The van der Waals surface area contributed by atoms with E-state index in [0.717, 1.165) is 11.1 Å². The van der Waals surface area contributed by atoms with Crippen molar-refractivity contribution in [2.24, 2.45) is 5.73 Å². The number of aromatic nitrogens is 4. The minimum absolute atomic E-state index is 0.0329. The SMILES string of the molecule is NCCNC(=O)c1nc(NCC(c2ccccc2)c2ccccc2)c2ncn([C@@H]3O[C@H](CO)[C@@H](O)[C@H]3O)c2n1. The minimum Gasteiger partial charge on any atom is -0.394 e. The van der Waals surface area contributed by atoms with Gasteiger partial charge in [0, 0.05) is 25.6 Å². The normalized spacial score (nSPS) is 20.9. The number of rotatable bonds is 10. The number of nitrogens with zero attached hydrogens (tertiary/aromatic N) is 4. The maximum atomic E-state index is 12.8. The Bertz CT molecular complexity index is 1360. The van der Waals surface area contributed by atoms with Gasteiger partial charge in [-0.05, 0) is 11.1 Å². The Hall–Kier alpha value is -3.94. The van der Waals surface area contributed by atoms with Crippen molar-refractivity contribution in [2.75, 3.05) is 31.6 Å². The van der Waals surface area contributed by atoms with Crippen LogP contribution >= 0.6 is 0 Å². The highest BCUT2D eigenvalue weighted by atomic mass is 16.6. The number of hydrogen-bond donors (Lipinski definition) is 6. The van der Waals surface area contributed by atoms with E-state index in [-0.39, 0.29) is 30.5 Å². The predicted molar refractivity (Wildman–Crippen MR) is 143 cm³/mol. The zero-order valence-electron chi connectivity index (χ0n) is 21.1. The van der Waals surface area contributed by atoms with E-state index in [9.17, 15) is 20.1 Å². The molecule has 1 amide bonds. The Labute approximate surface area is 224 Å². The van der Waals surface area contributed by atoms with Gasteiger partial charge in [-0.1, -0.05) is 60.7 Å². The molecule has 4 aromatic rings. The molecule has 204 valence electrons. The van der Waals surface area contributed by atoms with Crippen LogP contribution in [0.3, 0.4) is 0 Å². The summed E-state index contributed by atoms with van der Waals surface area (Å²) in [6, 6.07) is 20.1. The Morgan fingerprint density at radius 1 is 1.03 bits per heavy atom. The summed E-state index contributed by atoms with van der Waals surface area (Å²) in [5.41, 5.74) is 8.30. The van der Waals surface area contributed by atoms with Gasteiger partial charge in [0.25, 0.3) is 5.91 Å². The lowest BCUT2D eigenvalue weighted by Gasteiger charge is -2.20. The standard InChI is InChI=1S/C27H31N7O5/c28-11-12-29-26(38)24-32-23(30-13-18(16-7-3-1-4-8-16)17-9-5-2-6-10-17)20-25(33-24)34(15-31-20)27-22(37)21(36)19(14-35)39-27/h1-10,15,18-19,21-22,27,35-37H,11-14,28H2,(H,29,38)(H,30,32,33)/t19-,21-,22-,27-/m1/s1. The smallest absolute Gasteiger partial charge is 0.289 e. The zero-order chi connectivity index (χ0) is 27.4. The van der Waals surface area contributed by atoms with Crippen LogP contribution in [0.15, 0.2) is 67.0 Å². The molecular formula is C27H31N7O5. The van der Waals surface area contributed by atoms with Crippen LogP contribution in [-0.4, -0.2) is 85.3 Å². The summed E-state index contributed by atoms with van der Waals surface area (Å²) in [7, 11) is 0. The van der Waals surface area contributed by atoms with E-state index in [2.05, 4.69) is 49.9 Å². The fourth-order valence-electron chi connectivity index (χ4n) is 4.70. The molecule has 3 heterocycles. The number of anilines is 1. The van der Waals surface area contributed by atoms with Crippen molar-refractivity contribution in [1.29, 1.82) is 0 Å². The summed E-state index contributed by atoms with van der Waals surface area (Å²) >= 11 is 0. The summed E-state index contributed by atoms with van der Waals surface area (Å²) in [4.78, 5) is 26.2. The van der Waals surface area contributed by atoms with Crippen molar-refractivity contribution in [3.8, 4) is 0 Å². The molecule has 7 N–H and O–H groups in total. The van der Waals surface area contributed by atoms with Gasteiger partial charge >= 0.3 is 0 Å². The Morgan fingerprint density at radius 3 is 2.28 bits per heavy atom. The molecule has 0 radical (unpaired) electrons. The second-order valence-corrected chi connectivity index (χ2v) is 9.25. The van der Waals surface area contributed by atoms with Gasteiger partial charge in [-0.25, -0.2) is 15.0 Å². The second kappa shape index (κ2) is 11.8. The molecule has 2 aromatic carbocycles. The lowest BCUT2D eigenvalue weighted by molar-refractivity contribution is -0.0511.